The van der Waals surface area contributed by atoms with Gasteiger partial charge in [0, 0.05) is 17.2 Å². The van der Waals surface area contributed by atoms with Crippen LogP contribution in [0.2, 0.25) is 0 Å². The lowest BCUT2D eigenvalue weighted by atomic mass is 9.88. The summed E-state index contributed by atoms with van der Waals surface area (Å²) in [6.07, 6.45) is 0. The number of aryl methyl sites for hydroxylation is 2. The zero-order chi connectivity index (χ0) is 20.7. The Labute approximate surface area is 173 Å². The summed E-state index contributed by atoms with van der Waals surface area (Å²) < 4.78 is 8.53. The van der Waals surface area contributed by atoms with E-state index in [2.05, 4.69) is 101 Å². The third kappa shape index (κ3) is 3.35. The highest BCUT2D eigenvalue weighted by atomic mass is 16.4. The van der Waals surface area contributed by atoms with Gasteiger partial charge in [-0.1, -0.05) is 64.1 Å². The second kappa shape index (κ2) is 7.47. The zero-order valence-electron chi connectivity index (χ0n) is 18.2. The number of pyridine rings is 1. The quantitative estimate of drug-likeness (QED) is 0.373. The molecule has 0 fully saturated rings. The fraction of sp³-hybridized carbons (Fsp3) is 0.308. The summed E-state index contributed by atoms with van der Waals surface area (Å²) in [4.78, 5) is 4.90. The Bertz CT molecular complexity index is 1160. The number of hydrogen-bond donors (Lipinski definition) is 0. The Morgan fingerprint density at radius 2 is 1.48 bits per heavy atom. The second-order valence-electron chi connectivity index (χ2n) is 8.42. The minimum atomic E-state index is 0.398. The molecule has 2 aromatic heterocycles. The van der Waals surface area contributed by atoms with Crippen molar-refractivity contribution in [1.82, 2.24) is 4.98 Å². The molecule has 3 heteroatoms. The largest absolute Gasteiger partial charge is 0.401 e. The standard InChI is InChI=1S/C26H29N2O/c1-16(2)19-12-9-13-20(17(3)4)24(19)25-27-22-14-15-23(28(6)26(22)29-25)21-11-8-7-10-18(21)5/h7-17H,1-6H3/q+1. The molecule has 0 aliphatic rings. The van der Waals surface area contributed by atoms with E-state index in [1.807, 2.05) is 0 Å². The predicted octanol–water partition coefficient (Wildman–Crippen LogP) is 6.54. The van der Waals surface area contributed by atoms with Crippen LogP contribution in [0.1, 0.15) is 56.2 Å². The highest BCUT2D eigenvalue weighted by molar-refractivity contribution is 5.75. The molecule has 0 spiro atoms. The van der Waals surface area contributed by atoms with Crippen molar-refractivity contribution in [2.45, 2.75) is 46.5 Å². The number of fused-ring (bicyclic) bond motifs is 1. The summed E-state index contributed by atoms with van der Waals surface area (Å²) >= 11 is 0. The first-order valence-electron chi connectivity index (χ1n) is 10.4. The van der Waals surface area contributed by atoms with E-state index in [-0.39, 0.29) is 0 Å². The Kier molecular flexibility index (Phi) is 4.99. The highest BCUT2D eigenvalue weighted by Crippen LogP contribution is 2.36. The molecule has 0 bridgehead atoms. The molecule has 0 unspecified atom stereocenters. The van der Waals surface area contributed by atoms with Gasteiger partial charge in [0.2, 0.25) is 11.6 Å². The number of nitrogens with zero attached hydrogens (tertiary/aromatic N) is 2. The van der Waals surface area contributed by atoms with Crippen LogP contribution >= 0.6 is 0 Å². The van der Waals surface area contributed by atoms with Crippen LogP contribution in [0, 0.1) is 6.92 Å². The van der Waals surface area contributed by atoms with Crippen molar-refractivity contribution in [3.8, 4) is 22.7 Å². The molecule has 0 amide bonds. The molecule has 0 atom stereocenters. The smallest absolute Gasteiger partial charge is 0.384 e. The topological polar surface area (TPSA) is 29.9 Å². The van der Waals surface area contributed by atoms with Crippen LogP contribution in [0.15, 0.2) is 59.0 Å². The molecule has 0 saturated carbocycles. The van der Waals surface area contributed by atoms with E-state index in [1.54, 1.807) is 0 Å². The van der Waals surface area contributed by atoms with Crippen molar-refractivity contribution in [3.05, 3.63) is 71.3 Å². The molecular formula is C26H29N2O+. The lowest BCUT2D eigenvalue weighted by Gasteiger charge is -2.16. The first kappa shape index (κ1) is 19.4. The van der Waals surface area contributed by atoms with Gasteiger partial charge in [0.25, 0.3) is 0 Å². The van der Waals surface area contributed by atoms with Crippen molar-refractivity contribution in [2.75, 3.05) is 0 Å². The molecule has 0 radical (unpaired) electrons. The summed E-state index contributed by atoms with van der Waals surface area (Å²) in [5.74, 6) is 1.51. The Morgan fingerprint density at radius 3 is 2.10 bits per heavy atom. The third-order valence-electron chi connectivity index (χ3n) is 5.71. The molecule has 0 N–H and O–H groups in total. The Hall–Kier alpha value is -2.94. The van der Waals surface area contributed by atoms with Crippen molar-refractivity contribution in [2.24, 2.45) is 7.05 Å². The fourth-order valence-electron chi connectivity index (χ4n) is 4.09. The Balaban J connectivity index is 1.95. The lowest BCUT2D eigenvalue weighted by Crippen LogP contribution is -2.31. The number of oxazole rings is 1. The average Bonchev–Trinajstić information content (AvgIpc) is 3.13. The number of aromatic nitrogens is 2. The summed E-state index contributed by atoms with van der Waals surface area (Å²) in [6, 6.07) is 19.2. The van der Waals surface area contributed by atoms with E-state index >= 15 is 0 Å². The van der Waals surface area contributed by atoms with E-state index in [0.29, 0.717) is 17.7 Å². The minimum absolute atomic E-state index is 0.398. The van der Waals surface area contributed by atoms with Gasteiger partial charge in [-0.2, -0.15) is 4.57 Å². The molecule has 0 aliphatic heterocycles. The second-order valence-corrected chi connectivity index (χ2v) is 8.42. The molecule has 4 rings (SSSR count). The van der Waals surface area contributed by atoms with Gasteiger partial charge in [-0.25, -0.2) is 4.98 Å². The molecule has 29 heavy (non-hydrogen) atoms. The van der Waals surface area contributed by atoms with Crippen LogP contribution in [0.5, 0.6) is 0 Å². The third-order valence-corrected chi connectivity index (χ3v) is 5.71. The van der Waals surface area contributed by atoms with E-state index in [4.69, 9.17) is 9.40 Å². The minimum Gasteiger partial charge on any atom is -0.384 e. The number of hydrogen-bond acceptors (Lipinski definition) is 2. The predicted molar refractivity (Wildman–Crippen MR) is 119 cm³/mol. The molecule has 0 aliphatic carbocycles. The van der Waals surface area contributed by atoms with Crippen LogP contribution < -0.4 is 4.57 Å². The van der Waals surface area contributed by atoms with Crippen LogP contribution in [-0.4, -0.2) is 4.98 Å². The van der Waals surface area contributed by atoms with E-state index in [1.165, 1.54) is 22.3 Å². The molecule has 4 aromatic rings. The monoisotopic (exact) mass is 385 g/mol. The Morgan fingerprint density at radius 1 is 0.828 bits per heavy atom. The fourth-order valence-corrected chi connectivity index (χ4v) is 4.09. The molecule has 2 heterocycles. The van der Waals surface area contributed by atoms with Crippen LogP contribution in [0.3, 0.4) is 0 Å². The maximum Gasteiger partial charge on any atom is 0.401 e. The van der Waals surface area contributed by atoms with Crippen molar-refractivity contribution >= 4 is 11.2 Å². The molecule has 0 saturated heterocycles. The van der Waals surface area contributed by atoms with Crippen LogP contribution in [-0.2, 0) is 7.05 Å². The number of benzene rings is 2. The van der Waals surface area contributed by atoms with Crippen molar-refractivity contribution < 1.29 is 8.98 Å². The summed E-state index contributed by atoms with van der Waals surface area (Å²) in [5, 5.41) is 0. The molecule has 148 valence electrons. The van der Waals surface area contributed by atoms with Crippen LogP contribution in [0.25, 0.3) is 33.9 Å². The first-order chi connectivity index (χ1) is 13.9. The van der Waals surface area contributed by atoms with E-state index < -0.39 is 0 Å². The van der Waals surface area contributed by atoms with Gasteiger partial charge >= 0.3 is 5.71 Å². The molecular weight excluding hydrogens is 356 g/mol. The summed E-state index contributed by atoms with van der Waals surface area (Å²) in [5.41, 5.74) is 8.97. The molecule has 3 nitrogen and oxygen atoms in total. The summed E-state index contributed by atoms with van der Waals surface area (Å²) in [7, 11) is 2.05. The van der Waals surface area contributed by atoms with Gasteiger partial charge in [0.1, 0.15) is 7.05 Å². The van der Waals surface area contributed by atoms with Gasteiger partial charge in [-0.3, -0.25) is 0 Å². The maximum atomic E-state index is 6.42. The average molecular weight is 386 g/mol. The lowest BCUT2D eigenvalue weighted by molar-refractivity contribution is -0.640. The van der Waals surface area contributed by atoms with Crippen molar-refractivity contribution in [3.63, 3.8) is 0 Å². The van der Waals surface area contributed by atoms with E-state index in [9.17, 15) is 0 Å². The SMILES string of the molecule is Cc1ccccc1-c1ccc2nc(-c3c(C(C)C)cccc3C(C)C)oc2[n+]1C. The number of rotatable bonds is 4. The van der Waals surface area contributed by atoms with Gasteiger partial charge in [-0.15, -0.1) is 0 Å². The van der Waals surface area contributed by atoms with Gasteiger partial charge in [-0.05, 0) is 47.6 Å². The van der Waals surface area contributed by atoms with Gasteiger partial charge in [0.15, 0.2) is 5.52 Å². The summed E-state index contributed by atoms with van der Waals surface area (Å²) in [6.45, 7) is 11.0. The highest BCUT2D eigenvalue weighted by Gasteiger charge is 2.25. The molecule has 2 aromatic carbocycles. The van der Waals surface area contributed by atoms with Gasteiger partial charge < -0.3 is 4.42 Å². The normalized spacial score (nSPS) is 11.7. The van der Waals surface area contributed by atoms with Gasteiger partial charge in [0.05, 0.1) is 0 Å². The zero-order valence-corrected chi connectivity index (χ0v) is 18.2. The van der Waals surface area contributed by atoms with E-state index in [0.717, 1.165) is 22.5 Å². The maximum absolute atomic E-state index is 6.42. The first-order valence-corrected chi connectivity index (χ1v) is 10.4. The van der Waals surface area contributed by atoms with Crippen molar-refractivity contribution in [1.29, 1.82) is 0 Å². The van der Waals surface area contributed by atoms with Crippen LogP contribution in [0.4, 0.5) is 0 Å².